The molecule has 1 aromatic carbocycles. The minimum Gasteiger partial charge on any atom is -0.496 e. The van der Waals surface area contributed by atoms with Gasteiger partial charge in [-0.05, 0) is 32.9 Å². The number of ether oxygens (including phenoxy) is 3. The Labute approximate surface area is 109 Å². The summed E-state index contributed by atoms with van der Waals surface area (Å²) in [5.74, 6) is 1.52. The van der Waals surface area contributed by atoms with Gasteiger partial charge in [-0.1, -0.05) is 6.07 Å². The van der Waals surface area contributed by atoms with E-state index >= 15 is 0 Å². The summed E-state index contributed by atoms with van der Waals surface area (Å²) in [7, 11) is 1.63. The Balaban J connectivity index is 2.87. The van der Waals surface area contributed by atoms with E-state index in [9.17, 15) is 0 Å². The molecule has 1 aromatic rings. The minimum absolute atomic E-state index is 0.0189. The molecule has 0 aliphatic carbocycles. The van der Waals surface area contributed by atoms with Crippen LogP contribution in [0.1, 0.15) is 32.4 Å². The highest BCUT2D eigenvalue weighted by molar-refractivity contribution is 5.46. The Hall–Kier alpha value is -1.26. The second-order valence-electron chi connectivity index (χ2n) is 4.25. The van der Waals surface area contributed by atoms with Crippen molar-refractivity contribution in [1.82, 2.24) is 0 Å². The van der Waals surface area contributed by atoms with Gasteiger partial charge in [0.2, 0.25) is 0 Å². The smallest absolute Gasteiger partial charge is 0.128 e. The van der Waals surface area contributed by atoms with Crippen LogP contribution in [0.25, 0.3) is 0 Å². The molecular formula is C14H23NO3. The summed E-state index contributed by atoms with van der Waals surface area (Å²) < 4.78 is 16.5. The van der Waals surface area contributed by atoms with Crippen molar-refractivity contribution < 1.29 is 14.2 Å². The lowest BCUT2D eigenvalue weighted by Crippen LogP contribution is -2.21. The average molecular weight is 253 g/mol. The molecule has 0 saturated carbocycles. The highest BCUT2D eigenvalue weighted by Crippen LogP contribution is 2.33. The first kappa shape index (κ1) is 14.8. The zero-order valence-corrected chi connectivity index (χ0v) is 11.6. The predicted octanol–water partition coefficient (Wildman–Crippen LogP) is 2.52. The molecule has 18 heavy (non-hydrogen) atoms. The van der Waals surface area contributed by atoms with Crippen LogP contribution in [0.4, 0.5) is 0 Å². The molecule has 0 heterocycles. The normalized spacial score (nSPS) is 14.1. The summed E-state index contributed by atoms with van der Waals surface area (Å²) in [4.78, 5) is 0. The van der Waals surface area contributed by atoms with E-state index in [1.54, 1.807) is 7.11 Å². The number of hydrogen-bond acceptors (Lipinski definition) is 4. The van der Waals surface area contributed by atoms with E-state index in [1.807, 2.05) is 39.0 Å². The summed E-state index contributed by atoms with van der Waals surface area (Å²) in [5, 5.41) is 0. The topological polar surface area (TPSA) is 53.7 Å². The summed E-state index contributed by atoms with van der Waals surface area (Å²) in [6.07, 6.45) is -0.0189. The molecule has 1 rings (SSSR count). The Morgan fingerprint density at radius 2 is 1.89 bits per heavy atom. The summed E-state index contributed by atoms with van der Waals surface area (Å²) in [6, 6.07) is 5.55. The SMILES string of the molecule is CCOCC(C)Oc1cccc(OC)c1[C@H](C)N. The van der Waals surface area contributed by atoms with Gasteiger partial charge in [0.25, 0.3) is 0 Å². The van der Waals surface area contributed by atoms with Gasteiger partial charge in [0.05, 0.1) is 19.3 Å². The van der Waals surface area contributed by atoms with Gasteiger partial charge < -0.3 is 19.9 Å². The molecule has 1 unspecified atom stereocenters. The van der Waals surface area contributed by atoms with Crippen molar-refractivity contribution in [1.29, 1.82) is 0 Å². The lowest BCUT2D eigenvalue weighted by atomic mass is 10.1. The van der Waals surface area contributed by atoms with Gasteiger partial charge in [0, 0.05) is 12.6 Å². The second kappa shape index (κ2) is 7.24. The van der Waals surface area contributed by atoms with Crippen LogP contribution >= 0.6 is 0 Å². The van der Waals surface area contributed by atoms with E-state index in [0.717, 1.165) is 17.1 Å². The number of nitrogens with two attached hydrogens (primary N) is 1. The van der Waals surface area contributed by atoms with Crippen LogP contribution in [0.5, 0.6) is 11.5 Å². The number of benzene rings is 1. The van der Waals surface area contributed by atoms with E-state index in [-0.39, 0.29) is 12.1 Å². The highest BCUT2D eigenvalue weighted by atomic mass is 16.5. The van der Waals surface area contributed by atoms with Crippen molar-refractivity contribution in [2.45, 2.75) is 32.9 Å². The van der Waals surface area contributed by atoms with Gasteiger partial charge in [0.1, 0.15) is 17.6 Å². The predicted molar refractivity (Wildman–Crippen MR) is 72.2 cm³/mol. The molecule has 0 fully saturated rings. The molecule has 0 bridgehead atoms. The Morgan fingerprint density at radius 1 is 1.22 bits per heavy atom. The molecule has 0 amide bonds. The van der Waals surface area contributed by atoms with Crippen molar-refractivity contribution in [3.63, 3.8) is 0 Å². The number of rotatable bonds is 7. The maximum Gasteiger partial charge on any atom is 0.128 e. The molecule has 2 atom stereocenters. The maximum absolute atomic E-state index is 5.98. The fourth-order valence-corrected chi connectivity index (χ4v) is 1.79. The molecule has 4 nitrogen and oxygen atoms in total. The lowest BCUT2D eigenvalue weighted by Gasteiger charge is -2.20. The minimum atomic E-state index is -0.143. The lowest BCUT2D eigenvalue weighted by molar-refractivity contribution is 0.0649. The van der Waals surface area contributed by atoms with E-state index < -0.39 is 0 Å². The average Bonchev–Trinajstić information content (AvgIpc) is 2.35. The fraction of sp³-hybridized carbons (Fsp3) is 0.571. The van der Waals surface area contributed by atoms with Crippen LogP contribution in [0.3, 0.4) is 0 Å². The zero-order valence-electron chi connectivity index (χ0n) is 11.6. The molecule has 0 aliphatic heterocycles. The first-order valence-electron chi connectivity index (χ1n) is 6.27. The molecule has 0 aliphatic rings. The third-order valence-corrected chi connectivity index (χ3v) is 2.59. The second-order valence-corrected chi connectivity index (χ2v) is 4.25. The Kier molecular flexibility index (Phi) is 5.95. The van der Waals surface area contributed by atoms with Gasteiger partial charge in [0.15, 0.2) is 0 Å². The molecular weight excluding hydrogens is 230 g/mol. The first-order chi connectivity index (χ1) is 8.60. The van der Waals surface area contributed by atoms with E-state index in [0.29, 0.717) is 13.2 Å². The van der Waals surface area contributed by atoms with Crippen molar-refractivity contribution in [3.05, 3.63) is 23.8 Å². The van der Waals surface area contributed by atoms with E-state index in [2.05, 4.69) is 0 Å². The Morgan fingerprint density at radius 3 is 2.44 bits per heavy atom. The van der Waals surface area contributed by atoms with Gasteiger partial charge in [-0.2, -0.15) is 0 Å². The van der Waals surface area contributed by atoms with Gasteiger partial charge in [-0.25, -0.2) is 0 Å². The van der Waals surface area contributed by atoms with Crippen LogP contribution in [0, 0.1) is 0 Å². The van der Waals surface area contributed by atoms with Crippen LogP contribution in [-0.4, -0.2) is 26.4 Å². The van der Waals surface area contributed by atoms with Gasteiger partial charge in [-0.3, -0.25) is 0 Å². The fourth-order valence-electron chi connectivity index (χ4n) is 1.79. The Bertz CT molecular complexity index is 366. The molecule has 0 spiro atoms. The van der Waals surface area contributed by atoms with E-state index in [4.69, 9.17) is 19.9 Å². The largest absolute Gasteiger partial charge is 0.496 e. The van der Waals surface area contributed by atoms with Crippen molar-refractivity contribution in [2.24, 2.45) is 5.73 Å². The zero-order chi connectivity index (χ0) is 13.5. The maximum atomic E-state index is 5.98. The number of hydrogen-bond donors (Lipinski definition) is 1. The van der Waals surface area contributed by atoms with Crippen LogP contribution in [-0.2, 0) is 4.74 Å². The first-order valence-corrected chi connectivity index (χ1v) is 6.27. The van der Waals surface area contributed by atoms with Crippen LogP contribution in [0.2, 0.25) is 0 Å². The summed E-state index contributed by atoms with van der Waals surface area (Å²) in [6.45, 7) is 7.10. The third kappa shape index (κ3) is 3.89. The van der Waals surface area contributed by atoms with E-state index in [1.165, 1.54) is 0 Å². The molecule has 102 valence electrons. The molecule has 0 saturated heterocycles. The quantitative estimate of drug-likeness (QED) is 0.811. The molecule has 0 radical (unpaired) electrons. The van der Waals surface area contributed by atoms with Gasteiger partial charge in [-0.15, -0.1) is 0 Å². The number of methoxy groups -OCH3 is 1. The monoisotopic (exact) mass is 253 g/mol. The van der Waals surface area contributed by atoms with Gasteiger partial charge >= 0.3 is 0 Å². The molecule has 4 heteroatoms. The van der Waals surface area contributed by atoms with Crippen molar-refractivity contribution in [3.8, 4) is 11.5 Å². The molecule has 0 aromatic heterocycles. The molecule has 2 N–H and O–H groups in total. The standard InChI is InChI=1S/C14H23NO3/c1-5-17-9-10(2)18-13-8-6-7-12(16-4)14(13)11(3)15/h6-8,10-11H,5,9,15H2,1-4H3/t10?,11-/m0/s1. The van der Waals surface area contributed by atoms with Crippen LogP contribution < -0.4 is 15.2 Å². The third-order valence-electron chi connectivity index (χ3n) is 2.59. The van der Waals surface area contributed by atoms with Crippen molar-refractivity contribution >= 4 is 0 Å². The summed E-state index contributed by atoms with van der Waals surface area (Å²) >= 11 is 0. The van der Waals surface area contributed by atoms with Crippen LogP contribution in [0.15, 0.2) is 18.2 Å². The highest BCUT2D eigenvalue weighted by Gasteiger charge is 2.16. The summed E-state index contributed by atoms with van der Waals surface area (Å²) in [5.41, 5.74) is 6.87. The van der Waals surface area contributed by atoms with Crippen molar-refractivity contribution in [2.75, 3.05) is 20.3 Å².